The maximum Gasteiger partial charge on any atom is 0.338 e. The van der Waals surface area contributed by atoms with E-state index in [9.17, 15) is 9.18 Å². The first-order valence-electron chi connectivity index (χ1n) is 8.28. The van der Waals surface area contributed by atoms with Gasteiger partial charge in [0.15, 0.2) is 8.32 Å². The number of rotatable bonds is 3. The van der Waals surface area contributed by atoms with Gasteiger partial charge in [-0.2, -0.15) is 0 Å². The molecule has 0 radical (unpaired) electrons. The Bertz CT molecular complexity index is 640. The molecule has 0 aliphatic carbocycles. The van der Waals surface area contributed by atoms with E-state index in [4.69, 9.17) is 9.16 Å². The molecule has 24 heavy (non-hydrogen) atoms. The molecule has 0 saturated heterocycles. The van der Waals surface area contributed by atoms with Gasteiger partial charge in [0.1, 0.15) is 5.82 Å². The van der Waals surface area contributed by atoms with Crippen molar-refractivity contribution in [1.29, 1.82) is 0 Å². The molecule has 1 aliphatic heterocycles. The molecule has 1 aliphatic rings. The van der Waals surface area contributed by atoms with E-state index in [0.29, 0.717) is 5.69 Å². The Hall–Kier alpha value is -1.40. The lowest BCUT2D eigenvalue weighted by Gasteiger charge is -2.42. The third-order valence-electron chi connectivity index (χ3n) is 5.23. The Balaban J connectivity index is 2.54. The molecule has 1 aromatic rings. The Morgan fingerprint density at radius 1 is 1.33 bits per heavy atom. The van der Waals surface area contributed by atoms with Crippen LogP contribution in [-0.2, 0) is 9.16 Å². The molecule has 0 fully saturated rings. The second-order valence-electron chi connectivity index (χ2n) is 7.95. The van der Waals surface area contributed by atoms with Crippen LogP contribution in [0.3, 0.4) is 0 Å². The van der Waals surface area contributed by atoms with Gasteiger partial charge in [0, 0.05) is 24.8 Å². The summed E-state index contributed by atoms with van der Waals surface area (Å²) < 4.78 is 25.5. The van der Waals surface area contributed by atoms with E-state index in [-0.39, 0.29) is 16.7 Å². The van der Waals surface area contributed by atoms with Crippen LogP contribution in [-0.4, -0.2) is 35.0 Å². The number of methoxy groups -OCH3 is 1. The van der Waals surface area contributed by atoms with E-state index < -0.39 is 20.1 Å². The van der Waals surface area contributed by atoms with Crippen LogP contribution in [0.4, 0.5) is 10.1 Å². The lowest BCUT2D eigenvalue weighted by molar-refractivity contribution is 0.0592. The third kappa shape index (κ3) is 3.49. The monoisotopic (exact) mass is 353 g/mol. The first-order valence-corrected chi connectivity index (χ1v) is 11.2. The van der Waals surface area contributed by atoms with Crippen molar-refractivity contribution >= 4 is 20.0 Å². The third-order valence-corrected chi connectivity index (χ3v) is 9.72. The van der Waals surface area contributed by atoms with Gasteiger partial charge in [-0.05, 0) is 36.7 Å². The highest BCUT2D eigenvalue weighted by molar-refractivity contribution is 6.74. The summed E-state index contributed by atoms with van der Waals surface area (Å²) in [4.78, 5) is 14.2. The average Bonchev–Trinajstić information content (AvgIpc) is 2.47. The minimum atomic E-state index is -2.03. The van der Waals surface area contributed by atoms with Gasteiger partial charge < -0.3 is 14.1 Å². The summed E-state index contributed by atoms with van der Waals surface area (Å²) in [6.45, 7) is 11.7. The highest BCUT2D eigenvalue weighted by Crippen LogP contribution is 2.45. The molecule has 0 saturated carbocycles. The lowest BCUT2D eigenvalue weighted by Crippen LogP contribution is -2.43. The number of nitrogens with zero attached hydrogens (tertiary/aromatic N) is 1. The molecule has 0 N–H and O–H groups in total. The van der Waals surface area contributed by atoms with Crippen molar-refractivity contribution in [2.45, 2.75) is 51.4 Å². The zero-order valence-electron chi connectivity index (χ0n) is 15.7. The molecule has 4 nitrogen and oxygen atoms in total. The highest BCUT2D eigenvalue weighted by atomic mass is 28.4. The summed E-state index contributed by atoms with van der Waals surface area (Å²) in [7, 11) is 1.19. The SMILES string of the molecule is COC(=O)c1cc(F)cc2c1C(O[Si](C)(C)C(C)(C)C)CCN2C. The maximum atomic E-state index is 14.0. The number of halogens is 1. The highest BCUT2D eigenvalue weighted by Gasteiger charge is 2.41. The van der Waals surface area contributed by atoms with Gasteiger partial charge in [0.25, 0.3) is 0 Å². The van der Waals surface area contributed by atoms with E-state index in [1.165, 1.54) is 19.2 Å². The molecule has 6 heteroatoms. The summed E-state index contributed by atoms with van der Waals surface area (Å²) in [6, 6.07) is 2.73. The van der Waals surface area contributed by atoms with Crippen LogP contribution in [0, 0.1) is 5.82 Å². The number of carbonyl (C=O) groups excluding carboxylic acids is 1. The Morgan fingerprint density at radius 3 is 2.50 bits per heavy atom. The number of esters is 1. The van der Waals surface area contributed by atoms with E-state index in [1.54, 1.807) is 0 Å². The molecule has 134 valence electrons. The summed E-state index contributed by atoms with van der Waals surface area (Å²) in [6.07, 6.45) is 0.554. The quantitative estimate of drug-likeness (QED) is 0.592. The first-order chi connectivity index (χ1) is 11.0. The zero-order chi connectivity index (χ0) is 18.3. The number of carbonyl (C=O) groups is 1. The molecule has 1 atom stereocenters. The van der Waals surface area contributed by atoms with Crippen LogP contribution in [0.1, 0.15) is 49.2 Å². The van der Waals surface area contributed by atoms with Crippen molar-refractivity contribution in [1.82, 2.24) is 0 Å². The first kappa shape index (κ1) is 18.9. The second kappa shape index (κ2) is 6.48. The molecule has 2 rings (SSSR count). The molecule has 1 aromatic carbocycles. The molecule has 1 unspecified atom stereocenters. The number of hydrogen-bond acceptors (Lipinski definition) is 4. The molecule has 0 aromatic heterocycles. The van der Waals surface area contributed by atoms with Gasteiger partial charge in [0.05, 0.1) is 18.8 Å². The minimum absolute atomic E-state index is 0.0575. The van der Waals surface area contributed by atoms with Crippen LogP contribution >= 0.6 is 0 Å². The Kier molecular flexibility index (Phi) is 5.11. The fraction of sp³-hybridized carbons (Fsp3) is 0.611. The fourth-order valence-corrected chi connectivity index (χ4v) is 4.06. The topological polar surface area (TPSA) is 38.8 Å². The van der Waals surface area contributed by atoms with Crippen LogP contribution in [0.2, 0.25) is 18.1 Å². The van der Waals surface area contributed by atoms with E-state index in [2.05, 4.69) is 33.9 Å². The Labute approximate surface area is 145 Å². The van der Waals surface area contributed by atoms with E-state index in [1.807, 2.05) is 11.9 Å². The normalized spacial score (nSPS) is 18.3. The smallest absolute Gasteiger partial charge is 0.338 e. The van der Waals surface area contributed by atoms with Gasteiger partial charge in [-0.3, -0.25) is 0 Å². The predicted octanol–water partition coefficient (Wildman–Crippen LogP) is 4.52. The number of benzene rings is 1. The summed E-state index contributed by atoms with van der Waals surface area (Å²) in [5.74, 6) is -0.959. The second-order valence-corrected chi connectivity index (χ2v) is 12.7. The van der Waals surface area contributed by atoms with E-state index >= 15 is 0 Å². The van der Waals surface area contributed by atoms with E-state index in [0.717, 1.165) is 18.5 Å². The summed E-state index contributed by atoms with van der Waals surface area (Å²) in [5.41, 5.74) is 1.73. The van der Waals surface area contributed by atoms with Crippen molar-refractivity contribution in [2.24, 2.45) is 0 Å². The standard InChI is InChI=1S/C18H28FNO3Si/c1-18(2,3)24(6,7)23-15-8-9-20(4)14-11-12(19)10-13(16(14)15)17(21)22-5/h10-11,15H,8-9H2,1-7H3. The van der Waals surface area contributed by atoms with Crippen LogP contribution in [0.5, 0.6) is 0 Å². The van der Waals surface area contributed by atoms with Crippen molar-refractivity contribution in [2.75, 3.05) is 25.6 Å². The maximum absolute atomic E-state index is 14.0. The summed E-state index contributed by atoms with van der Waals surface area (Å²) >= 11 is 0. The minimum Gasteiger partial charge on any atom is -0.465 e. The van der Waals surface area contributed by atoms with Crippen molar-refractivity contribution < 1.29 is 18.3 Å². The molecule has 0 bridgehead atoms. The largest absolute Gasteiger partial charge is 0.465 e. The van der Waals surface area contributed by atoms with Gasteiger partial charge in [0.2, 0.25) is 0 Å². The van der Waals surface area contributed by atoms with Crippen molar-refractivity contribution in [3.05, 3.63) is 29.1 Å². The van der Waals surface area contributed by atoms with Crippen molar-refractivity contribution in [3.8, 4) is 0 Å². The molecular formula is C18H28FNO3Si. The van der Waals surface area contributed by atoms with Crippen molar-refractivity contribution in [3.63, 3.8) is 0 Å². The Morgan fingerprint density at radius 2 is 1.96 bits per heavy atom. The van der Waals surface area contributed by atoms with Crippen LogP contribution < -0.4 is 4.90 Å². The molecule has 0 spiro atoms. The zero-order valence-corrected chi connectivity index (χ0v) is 16.7. The molecule has 1 heterocycles. The number of hydrogen-bond donors (Lipinski definition) is 0. The van der Waals surface area contributed by atoms with Gasteiger partial charge >= 0.3 is 5.97 Å². The van der Waals surface area contributed by atoms with Gasteiger partial charge in [-0.25, -0.2) is 9.18 Å². The lowest BCUT2D eigenvalue weighted by atomic mass is 9.94. The fourth-order valence-electron chi connectivity index (χ4n) is 2.76. The van der Waals surface area contributed by atoms with Crippen LogP contribution in [0.25, 0.3) is 0 Å². The van der Waals surface area contributed by atoms with Gasteiger partial charge in [-0.15, -0.1) is 0 Å². The number of anilines is 1. The number of fused-ring (bicyclic) bond motifs is 1. The number of ether oxygens (including phenoxy) is 1. The van der Waals surface area contributed by atoms with Gasteiger partial charge in [-0.1, -0.05) is 20.8 Å². The molecule has 0 amide bonds. The van der Waals surface area contributed by atoms with Crippen LogP contribution in [0.15, 0.2) is 12.1 Å². The predicted molar refractivity (Wildman–Crippen MR) is 96.6 cm³/mol. The summed E-state index contributed by atoms with van der Waals surface area (Å²) in [5, 5.41) is 0.0575. The molecular weight excluding hydrogens is 325 g/mol. The average molecular weight is 354 g/mol.